The summed E-state index contributed by atoms with van der Waals surface area (Å²) >= 11 is 5.33. The molecule has 6 heteroatoms. The summed E-state index contributed by atoms with van der Waals surface area (Å²) in [6.07, 6.45) is 3.58. The molecule has 3 aromatic heterocycles. The van der Waals surface area contributed by atoms with Gasteiger partial charge >= 0.3 is 0 Å². The molecule has 0 saturated carbocycles. The van der Waals surface area contributed by atoms with E-state index in [0.717, 1.165) is 26.9 Å². The number of halogens is 1. The van der Waals surface area contributed by atoms with Crippen molar-refractivity contribution in [2.24, 2.45) is 7.05 Å². The number of rotatable bonds is 4. The Morgan fingerprint density at radius 2 is 2.14 bits per heavy atom. The second kappa shape index (κ2) is 5.58. The van der Waals surface area contributed by atoms with Crippen molar-refractivity contribution >= 4 is 48.5 Å². The summed E-state index contributed by atoms with van der Waals surface area (Å²) in [4.78, 5) is 12.1. The van der Waals surface area contributed by atoms with E-state index in [0.29, 0.717) is 0 Å². The third-order valence-corrected chi connectivity index (χ3v) is 6.17. The molecule has 0 radical (unpaired) electrons. The van der Waals surface area contributed by atoms with Gasteiger partial charge < -0.3 is 9.47 Å². The molecule has 4 nitrogen and oxygen atoms in total. The number of likely N-dealkylation sites (tertiary alicyclic amines) is 1. The molecule has 0 aromatic carbocycles. The van der Waals surface area contributed by atoms with Crippen molar-refractivity contribution in [3.63, 3.8) is 0 Å². The summed E-state index contributed by atoms with van der Waals surface area (Å²) in [5, 5.41) is 0. The normalized spacial score (nSPS) is 15.8. The molecule has 1 saturated heterocycles. The van der Waals surface area contributed by atoms with Crippen LogP contribution in [0.25, 0.3) is 21.3 Å². The summed E-state index contributed by atoms with van der Waals surface area (Å²) in [6.45, 7) is 5.80. The van der Waals surface area contributed by atoms with Crippen molar-refractivity contribution in [1.29, 1.82) is 0 Å². The number of pyridine rings is 1. The van der Waals surface area contributed by atoms with Gasteiger partial charge in [-0.3, -0.25) is 0 Å². The molecule has 4 heterocycles. The molecule has 3 aromatic rings. The minimum atomic E-state index is 1.03. The number of imidazole rings is 1. The van der Waals surface area contributed by atoms with Crippen LogP contribution in [0.2, 0.25) is 0 Å². The van der Waals surface area contributed by atoms with Crippen molar-refractivity contribution in [3.05, 3.63) is 21.4 Å². The summed E-state index contributed by atoms with van der Waals surface area (Å²) in [5.41, 5.74) is 4.38. The van der Waals surface area contributed by atoms with E-state index in [2.05, 4.69) is 45.4 Å². The Kier molecular flexibility index (Phi) is 3.71. The third kappa shape index (κ3) is 2.37. The zero-order valence-corrected chi connectivity index (χ0v) is 15.3. The maximum absolute atomic E-state index is 4.89. The van der Waals surface area contributed by atoms with E-state index in [1.54, 1.807) is 11.3 Å². The fourth-order valence-electron chi connectivity index (χ4n) is 3.19. The van der Waals surface area contributed by atoms with E-state index in [1.807, 2.05) is 0 Å². The summed E-state index contributed by atoms with van der Waals surface area (Å²) in [6, 6.07) is 2.10. The standard InChI is InChI=1S/C16H19BrN4S/c1-10-14-15(16-11(18-10)9-12(17)22-16)20(2)13(19-14)5-3-6-21-7-4-8-21/h9H,3-8H2,1-2H3. The quantitative estimate of drug-likeness (QED) is 0.690. The van der Waals surface area contributed by atoms with Gasteiger partial charge in [0.05, 0.1) is 25.2 Å². The molecule has 0 aliphatic carbocycles. The van der Waals surface area contributed by atoms with Crippen LogP contribution in [-0.2, 0) is 13.5 Å². The van der Waals surface area contributed by atoms with Crippen molar-refractivity contribution in [3.8, 4) is 0 Å². The molecule has 0 bridgehead atoms. The Morgan fingerprint density at radius 3 is 2.86 bits per heavy atom. The smallest absolute Gasteiger partial charge is 0.111 e. The first-order valence-electron chi connectivity index (χ1n) is 7.77. The largest absolute Gasteiger partial charge is 0.330 e. The van der Waals surface area contributed by atoms with Crippen LogP contribution in [0.4, 0.5) is 0 Å². The van der Waals surface area contributed by atoms with Gasteiger partial charge in [0.15, 0.2) is 0 Å². The summed E-state index contributed by atoms with van der Waals surface area (Å²) in [5.74, 6) is 1.18. The second-order valence-corrected chi connectivity index (χ2v) is 8.48. The maximum Gasteiger partial charge on any atom is 0.111 e. The molecule has 4 rings (SSSR count). The molecule has 1 aliphatic heterocycles. The minimum absolute atomic E-state index is 1.03. The van der Waals surface area contributed by atoms with Gasteiger partial charge in [-0.2, -0.15) is 0 Å². The maximum atomic E-state index is 4.89. The zero-order valence-electron chi connectivity index (χ0n) is 12.9. The predicted octanol–water partition coefficient (Wildman–Crippen LogP) is 3.89. The molecule has 0 atom stereocenters. The lowest BCUT2D eigenvalue weighted by molar-refractivity contribution is 0.179. The van der Waals surface area contributed by atoms with Crippen LogP contribution >= 0.6 is 27.3 Å². The molecule has 1 fully saturated rings. The van der Waals surface area contributed by atoms with E-state index >= 15 is 0 Å². The molecule has 22 heavy (non-hydrogen) atoms. The Bertz CT molecular complexity index is 847. The number of aromatic nitrogens is 3. The van der Waals surface area contributed by atoms with Crippen molar-refractivity contribution < 1.29 is 0 Å². The average molecular weight is 379 g/mol. The highest BCUT2D eigenvalue weighted by Crippen LogP contribution is 2.35. The van der Waals surface area contributed by atoms with E-state index in [1.165, 1.54) is 48.5 Å². The molecular weight excluding hydrogens is 360 g/mol. The molecule has 0 N–H and O–H groups in total. The van der Waals surface area contributed by atoms with Crippen molar-refractivity contribution in [2.75, 3.05) is 19.6 Å². The fourth-order valence-corrected chi connectivity index (χ4v) is 4.79. The molecule has 1 aliphatic rings. The van der Waals surface area contributed by atoms with Gasteiger partial charge in [-0.25, -0.2) is 9.97 Å². The van der Waals surface area contributed by atoms with Crippen LogP contribution in [0, 0.1) is 6.92 Å². The van der Waals surface area contributed by atoms with E-state index in [9.17, 15) is 0 Å². The van der Waals surface area contributed by atoms with Crippen LogP contribution in [-0.4, -0.2) is 39.1 Å². The van der Waals surface area contributed by atoms with Gasteiger partial charge in [-0.05, 0) is 61.4 Å². The van der Waals surface area contributed by atoms with E-state index < -0.39 is 0 Å². The topological polar surface area (TPSA) is 34.0 Å². The van der Waals surface area contributed by atoms with Gasteiger partial charge in [-0.15, -0.1) is 11.3 Å². The first-order valence-corrected chi connectivity index (χ1v) is 9.38. The Labute approximate surface area is 142 Å². The van der Waals surface area contributed by atoms with Crippen molar-refractivity contribution in [1.82, 2.24) is 19.4 Å². The lowest BCUT2D eigenvalue weighted by Crippen LogP contribution is -2.37. The number of thiophene rings is 1. The molecular formula is C16H19BrN4S. The highest BCUT2D eigenvalue weighted by Gasteiger charge is 2.17. The van der Waals surface area contributed by atoms with E-state index in [-0.39, 0.29) is 0 Å². The highest BCUT2D eigenvalue weighted by molar-refractivity contribution is 9.11. The number of aryl methyl sites for hydroxylation is 3. The first kappa shape index (κ1) is 14.6. The molecule has 0 spiro atoms. The molecule has 0 unspecified atom stereocenters. The van der Waals surface area contributed by atoms with Crippen LogP contribution in [0.5, 0.6) is 0 Å². The third-order valence-electron chi connectivity index (χ3n) is 4.54. The number of hydrogen-bond acceptors (Lipinski definition) is 4. The zero-order chi connectivity index (χ0) is 15.3. The first-order chi connectivity index (χ1) is 10.6. The van der Waals surface area contributed by atoms with E-state index in [4.69, 9.17) is 9.97 Å². The van der Waals surface area contributed by atoms with Gasteiger partial charge in [0.2, 0.25) is 0 Å². The monoisotopic (exact) mass is 378 g/mol. The predicted molar refractivity (Wildman–Crippen MR) is 95.7 cm³/mol. The summed E-state index contributed by atoms with van der Waals surface area (Å²) in [7, 11) is 2.14. The van der Waals surface area contributed by atoms with Crippen LogP contribution in [0.1, 0.15) is 24.4 Å². The van der Waals surface area contributed by atoms with Crippen LogP contribution in [0.15, 0.2) is 9.85 Å². The summed E-state index contributed by atoms with van der Waals surface area (Å²) < 4.78 is 4.63. The van der Waals surface area contributed by atoms with Gasteiger partial charge in [0.25, 0.3) is 0 Å². The number of nitrogens with zero attached hydrogens (tertiary/aromatic N) is 4. The Hall–Kier alpha value is -0.980. The fraction of sp³-hybridized carbons (Fsp3) is 0.500. The van der Waals surface area contributed by atoms with Crippen LogP contribution in [0.3, 0.4) is 0 Å². The molecule has 116 valence electrons. The molecule has 0 amide bonds. The number of fused-ring (bicyclic) bond motifs is 3. The SMILES string of the molecule is Cc1nc2cc(Br)sc2c2c1nc(CCCN1CCC1)n2C. The average Bonchev–Trinajstić information content (AvgIpc) is 2.94. The van der Waals surface area contributed by atoms with Gasteiger partial charge in [-0.1, -0.05) is 0 Å². The lowest BCUT2D eigenvalue weighted by Gasteiger charge is -2.30. The van der Waals surface area contributed by atoms with Gasteiger partial charge in [0.1, 0.15) is 11.3 Å². The van der Waals surface area contributed by atoms with Crippen LogP contribution < -0.4 is 0 Å². The highest BCUT2D eigenvalue weighted by atomic mass is 79.9. The number of hydrogen-bond donors (Lipinski definition) is 0. The lowest BCUT2D eigenvalue weighted by atomic mass is 10.2. The van der Waals surface area contributed by atoms with Crippen molar-refractivity contribution in [2.45, 2.75) is 26.2 Å². The Morgan fingerprint density at radius 1 is 1.32 bits per heavy atom. The minimum Gasteiger partial charge on any atom is -0.330 e. The Balaban J connectivity index is 1.71. The van der Waals surface area contributed by atoms with Gasteiger partial charge in [0, 0.05) is 13.5 Å². The second-order valence-electron chi connectivity index (χ2n) is 6.05.